The third kappa shape index (κ3) is 6.93. The molecule has 0 aliphatic carbocycles. The second-order valence-corrected chi connectivity index (χ2v) is 4.62. The number of carbonyl (C=O) groups is 2. The Morgan fingerprint density at radius 3 is 2.11 bits per heavy atom. The Kier molecular flexibility index (Phi) is 5.38. The van der Waals surface area contributed by atoms with Gasteiger partial charge < -0.3 is 10.1 Å². The average molecular weight is 267 g/mol. The van der Waals surface area contributed by atoms with Gasteiger partial charge >= 0.3 is 12.1 Å². The van der Waals surface area contributed by atoms with E-state index in [1.54, 1.807) is 20.8 Å². The molecule has 0 aromatic heterocycles. The van der Waals surface area contributed by atoms with E-state index >= 15 is 0 Å². The normalized spacial score (nSPS) is 14.4. The van der Waals surface area contributed by atoms with Crippen molar-refractivity contribution in [3.63, 3.8) is 0 Å². The van der Waals surface area contributed by atoms with Gasteiger partial charge in [0.2, 0.25) is 0 Å². The highest BCUT2D eigenvalue weighted by Crippen LogP contribution is 2.16. The Morgan fingerprint density at radius 1 is 1.22 bits per heavy atom. The van der Waals surface area contributed by atoms with Gasteiger partial charge in [-0.2, -0.15) is 13.2 Å². The molecule has 0 saturated heterocycles. The number of halogens is 3. The molecule has 18 heavy (non-hydrogen) atoms. The number of nitrogens with one attached hydrogen (secondary N) is 1. The zero-order chi connectivity index (χ0) is 14.6. The molecule has 0 saturated carbocycles. The predicted octanol–water partition coefficient (Wildman–Crippen LogP) is 1.95. The molecule has 0 rings (SSSR count). The van der Waals surface area contributed by atoms with Gasteiger partial charge in [0.1, 0.15) is 11.6 Å². The number of carbonyl (C=O) groups excluding carboxylic acids is 2. The maximum Gasteiger partial charge on any atom is 0.454 e. The van der Waals surface area contributed by atoms with E-state index < -0.39 is 29.6 Å². The molecule has 1 unspecified atom stereocenters. The van der Waals surface area contributed by atoms with Crippen LogP contribution in [-0.2, 0) is 14.3 Å². The Bertz CT molecular complexity index is 342. The van der Waals surface area contributed by atoms with E-state index in [9.17, 15) is 22.8 Å². The Labute approximate surface area is 103 Å². The van der Waals surface area contributed by atoms with Crippen LogP contribution in [0.25, 0.3) is 0 Å². The van der Waals surface area contributed by atoms with E-state index in [2.05, 4.69) is 5.32 Å². The smallest absolute Gasteiger partial charge is 0.454 e. The molecule has 7 heteroatoms. The molecule has 104 valence electrons. The topological polar surface area (TPSA) is 55.4 Å². The van der Waals surface area contributed by atoms with Crippen LogP contribution in [0, 0.1) is 0 Å². The van der Waals surface area contributed by atoms with Crippen LogP contribution in [0.4, 0.5) is 13.2 Å². The molecule has 0 radical (unpaired) electrons. The fourth-order valence-corrected chi connectivity index (χ4v) is 0.821. The lowest BCUT2D eigenvalue weighted by atomic mass is 10.2. The van der Waals surface area contributed by atoms with Crippen LogP contribution in [0.3, 0.4) is 0 Å². The molecule has 1 N–H and O–H groups in total. The maximum absolute atomic E-state index is 11.8. The van der Waals surface area contributed by atoms with Gasteiger partial charge in [0.25, 0.3) is 5.78 Å². The van der Waals surface area contributed by atoms with Gasteiger partial charge in [-0.25, -0.2) is 4.79 Å². The molecule has 0 aliphatic heterocycles. The van der Waals surface area contributed by atoms with E-state index in [-0.39, 0.29) is 0 Å². The van der Waals surface area contributed by atoms with Crippen molar-refractivity contribution >= 4 is 11.8 Å². The van der Waals surface area contributed by atoms with Crippen molar-refractivity contribution in [3.8, 4) is 0 Å². The fraction of sp³-hybridized carbons (Fsp3) is 0.636. The standard InChI is InChI=1S/C11H16F3NO3/c1-7(9(17)18-10(2,3)4)15-6-5-8(16)11(12,13)14/h5-7,15H,1-4H3/b6-5+. The first-order chi connectivity index (χ1) is 7.93. The number of alkyl halides is 3. The second kappa shape index (κ2) is 5.88. The molecular formula is C11H16F3NO3. The Balaban J connectivity index is 4.27. The summed E-state index contributed by atoms with van der Waals surface area (Å²) in [5, 5.41) is 2.33. The van der Waals surface area contributed by atoms with Crippen LogP contribution in [0.15, 0.2) is 12.3 Å². The Hall–Kier alpha value is -1.53. The SMILES string of the molecule is CC(N/C=C/C(=O)C(F)(F)F)C(=O)OC(C)(C)C. The predicted molar refractivity (Wildman–Crippen MR) is 58.6 cm³/mol. The Morgan fingerprint density at radius 2 is 1.72 bits per heavy atom. The number of hydrogen-bond donors (Lipinski definition) is 1. The van der Waals surface area contributed by atoms with Gasteiger partial charge in [-0.05, 0) is 27.7 Å². The van der Waals surface area contributed by atoms with E-state index in [4.69, 9.17) is 4.74 Å². The van der Waals surface area contributed by atoms with Crippen molar-refractivity contribution in [2.24, 2.45) is 0 Å². The highest BCUT2D eigenvalue weighted by Gasteiger charge is 2.36. The summed E-state index contributed by atoms with van der Waals surface area (Å²) < 4.78 is 40.5. The minimum atomic E-state index is -4.91. The van der Waals surface area contributed by atoms with Crippen LogP contribution in [0.1, 0.15) is 27.7 Å². The zero-order valence-corrected chi connectivity index (χ0v) is 10.6. The highest BCUT2D eigenvalue weighted by molar-refractivity contribution is 5.94. The summed E-state index contributed by atoms with van der Waals surface area (Å²) in [5.74, 6) is -2.61. The molecule has 4 nitrogen and oxygen atoms in total. The minimum absolute atomic E-state index is 0.320. The van der Waals surface area contributed by atoms with Crippen molar-refractivity contribution in [2.75, 3.05) is 0 Å². The third-order valence-electron chi connectivity index (χ3n) is 1.62. The maximum atomic E-state index is 11.8. The second-order valence-electron chi connectivity index (χ2n) is 4.62. The molecule has 0 spiro atoms. The lowest BCUT2D eigenvalue weighted by Gasteiger charge is -2.22. The van der Waals surface area contributed by atoms with Gasteiger partial charge in [0.05, 0.1) is 0 Å². The summed E-state index contributed by atoms with van der Waals surface area (Å²) >= 11 is 0. The molecule has 0 aromatic rings. The van der Waals surface area contributed by atoms with Gasteiger partial charge in [-0.1, -0.05) is 0 Å². The molecule has 0 amide bonds. The van der Waals surface area contributed by atoms with Gasteiger partial charge in [0, 0.05) is 12.3 Å². The summed E-state index contributed by atoms with van der Waals surface area (Å²) in [5.41, 5.74) is -0.682. The van der Waals surface area contributed by atoms with Crippen LogP contribution >= 0.6 is 0 Å². The number of ketones is 1. The van der Waals surface area contributed by atoms with Crippen molar-refractivity contribution in [3.05, 3.63) is 12.3 Å². The van der Waals surface area contributed by atoms with Gasteiger partial charge in [-0.15, -0.1) is 0 Å². The summed E-state index contributed by atoms with van der Waals surface area (Å²) in [6, 6.07) is -0.846. The summed E-state index contributed by atoms with van der Waals surface area (Å²) in [6.45, 7) is 6.42. The van der Waals surface area contributed by atoms with Crippen LogP contribution in [0.2, 0.25) is 0 Å². The molecule has 0 aromatic carbocycles. The number of esters is 1. The van der Waals surface area contributed by atoms with E-state index in [0.29, 0.717) is 6.08 Å². The van der Waals surface area contributed by atoms with Crippen LogP contribution in [0.5, 0.6) is 0 Å². The fourth-order valence-electron chi connectivity index (χ4n) is 0.821. The number of hydrogen-bond acceptors (Lipinski definition) is 4. The molecule has 0 bridgehead atoms. The largest absolute Gasteiger partial charge is 0.458 e. The van der Waals surface area contributed by atoms with E-state index in [0.717, 1.165) is 6.20 Å². The molecule has 1 atom stereocenters. The lowest BCUT2D eigenvalue weighted by Crippen LogP contribution is -2.37. The van der Waals surface area contributed by atoms with E-state index in [1.165, 1.54) is 6.92 Å². The first kappa shape index (κ1) is 16.5. The van der Waals surface area contributed by atoms with Gasteiger partial charge in [-0.3, -0.25) is 4.79 Å². The molecule has 0 fully saturated rings. The van der Waals surface area contributed by atoms with Gasteiger partial charge in [0.15, 0.2) is 0 Å². The first-order valence-electron chi connectivity index (χ1n) is 5.20. The van der Waals surface area contributed by atoms with Crippen molar-refractivity contribution in [1.82, 2.24) is 5.32 Å². The molecule has 0 aliphatic rings. The summed E-state index contributed by atoms with van der Waals surface area (Å²) in [6.07, 6.45) is -3.81. The minimum Gasteiger partial charge on any atom is -0.458 e. The number of ether oxygens (including phenoxy) is 1. The summed E-state index contributed by atoms with van der Waals surface area (Å²) in [7, 11) is 0. The summed E-state index contributed by atoms with van der Waals surface area (Å²) in [4.78, 5) is 21.9. The lowest BCUT2D eigenvalue weighted by molar-refractivity contribution is -0.165. The van der Waals surface area contributed by atoms with Crippen LogP contribution < -0.4 is 5.32 Å². The molecular weight excluding hydrogens is 251 g/mol. The van der Waals surface area contributed by atoms with Crippen molar-refractivity contribution < 1.29 is 27.5 Å². The zero-order valence-electron chi connectivity index (χ0n) is 10.6. The average Bonchev–Trinajstić information content (AvgIpc) is 2.12. The quantitative estimate of drug-likeness (QED) is 0.625. The van der Waals surface area contributed by atoms with Crippen LogP contribution in [-0.4, -0.2) is 29.6 Å². The monoisotopic (exact) mass is 267 g/mol. The number of rotatable bonds is 4. The van der Waals surface area contributed by atoms with Crippen molar-refractivity contribution in [2.45, 2.75) is 45.5 Å². The number of allylic oxidation sites excluding steroid dienone is 1. The highest BCUT2D eigenvalue weighted by atomic mass is 19.4. The van der Waals surface area contributed by atoms with E-state index in [1.807, 2.05) is 0 Å². The third-order valence-corrected chi connectivity index (χ3v) is 1.62. The first-order valence-corrected chi connectivity index (χ1v) is 5.20. The van der Waals surface area contributed by atoms with Crippen molar-refractivity contribution in [1.29, 1.82) is 0 Å². The molecule has 0 heterocycles.